The zero-order valence-corrected chi connectivity index (χ0v) is 21.3. The van der Waals surface area contributed by atoms with Gasteiger partial charge in [-0.25, -0.2) is 0 Å². The van der Waals surface area contributed by atoms with Crippen LogP contribution in [0.1, 0.15) is 101 Å². The van der Waals surface area contributed by atoms with Gasteiger partial charge in [0.2, 0.25) is 11.8 Å². The van der Waals surface area contributed by atoms with E-state index in [0.717, 1.165) is 67.0 Å². The molecule has 1 aliphatic heterocycles. The maximum absolute atomic E-state index is 12.3. The summed E-state index contributed by atoms with van der Waals surface area (Å²) >= 11 is 0. The molecule has 0 radical (unpaired) electrons. The van der Waals surface area contributed by atoms with Crippen molar-refractivity contribution in [2.75, 3.05) is 6.54 Å². The average molecular weight is 493 g/mol. The summed E-state index contributed by atoms with van der Waals surface area (Å²) in [5.74, 6) is 0.768. The third kappa shape index (κ3) is 4.87. The van der Waals surface area contributed by atoms with Crippen molar-refractivity contribution in [1.29, 1.82) is 0 Å². The molecule has 2 aromatic rings. The van der Waals surface area contributed by atoms with Gasteiger partial charge in [-0.05, 0) is 100 Å². The number of piperidine rings is 1. The molecule has 2 amide bonds. The highest BCUT2D eigenvalue weighted by Gasteiger charge is 2.56. The molecule has 4 saturated carbocycles. The molecule has 1 aromatic heterocycles. The summed E-state index contributed by atoms with van der Waals surface area (Å²) in [6, 6.07) is 6.30. The van der Waals surface area contributed by atoms with E-state index >= 15 is 0 Å². The van der Waals surface area contributed by atoms with Gasteiger partial charge in [0, 0.05) is 22.9 Å². The number of imide groups is 1. The number of nitrogens with one attached hydrogen (secondary N) is 2. The van der Waals surface area contributed by atoms with Crippen molar-refractivity contribution in [3.8, 4) is 0 Å². The molecule has 6 heteroatoms. The molecule has 5 fully saturated rings. The Bertz CT molecular complexity index is 1120. The van der Waals surface area contributed by atoms with Crippen molar-refractivity contribution < 1.29 is 19.1 Å². The van der Waals surface area contributed by atoms with Crippen LogP contribution >= 0.6 is 0 Å². The van der Waals surface area contributed by atoms with Crippen molar-refractivity contribution >= 4 is 22.8 Å². The number of fused-ring (bicyclic) bond motifs is 1. The van der Waals surface area contributed by atoms with Gasteiger partial charge in [-0.3, -0.25) is 14.9 Å². The summed E-state index contributed by atoms with van der Waals surface area (Å²) in [6.07, 6.45) is 16.7. The number of unbranched alkanes of at least 4 members (excludes halogenated alkanes) is 4. The Hall–Kier alpha value is -2.18. The van der Waals surface area contributed by atoms with Crippen LogP contribution in [-0.4, -0.2) is 34.6 Å². The van der Waals surface area contributed by atoms with E-state index in [1.54, 1.807) is 6.26 Å². The lowest BCUT2D eigenvalue weighted by Gasteiger charge is -2.60. The fourth-order valence-corrected chi connectivity index (χ4v) is 8.27. The van der Waals surface area contributed by atoms with Gasteiger partial charge in [0.25, 0.3) is 0 Å². The predicted molar refractivity (Wildman–Crippen MR) is 138 cm³/mol. The second kappa shape index (κ2) is 9.60. The van der Waals surface area contributed by atoms with Gasteiger partial charge in [-0.15, -0.1) is 0 Å². The molecule has 1 saturated heterocycles. The predicted octanol–water partition coefficient (Wildman–Crippen LogP) is 5.12. The standard InChI is InChI=1S/C30H40N2O4/c33-27-10-8-23(28(34)32-27)25-18-36-26-9-7-20(13-24(25)26)6-4-2-1-3-5-11-31-29-14-21-12-22(15-29)17-30(35,16-21)19-29/h7,9,13,18,21-23,31,35H,1-6,8,10-12,14-17,19H2,(H,32,33,34). The lowest BCUT2D eigenvalue weighted by molar-refractivity contribution is -0.142. The van der Waals surface area contributed by atoms with Crippen molar-refractivity contribution in [2.45, 2.75) is 107 Å². The van der Waals surface area contributed by atoms with Crippen LogP contribution in [0.25, 0.3) is 11.0 Å². The summed E-state index contributed by atoms with van der Waals surface area (Å²) in [7, 11) is 0. The second-order valence-electron chi connectivity index (χ2n) is 12.4. The first-order valence-corrected chi connectivity index (χ1v) is 14.2. The van der Waals surface area contributed by atoms with Gasteiger partial charge in [0.1, 0.15) is 5.58 Å². The molecule has 6 nitrogen and oxygen atoms in total. The summed E-state index contributed by atoms with van der Waals surface area (Å²) < 4.78 is 5.71. The van der Waals surface area contributed by atoms with Crippen molar-refractivity contribution in [2.24, 2.45) is 11.8 Å². The van der Waals surface area contributed by atoms with Gasteiger partial charge in [-0.2, -0.15) is 0 Å². The summed E-state index contributed by atoms with van der Waals surface area (Å²) in [6.45, 7) is 1.08. The number of furan rings is 1. The molecule has 4 aliphatic carbocycles. The molecule has 3 N–H and O–H groups in total. The quantitative estimate of drug-likeness (QED) is 0.316. The monoisotopic (exact) mass is 492 g/mol. The Labute approximate surface area is 213 Å². The minimum absolute atomic E-state index is 0.188. The zero-order valence-electron chi connectivity index (χ0n) is 21.3. The number of amides is 2. The van der Waals surface area contributed by atoms with Gasteiger partial charge in [0.15, 0.2) is 0 Å². The highest BCUT2D eigenvalue weighted by Crippen LogP contribution is 2.57. The van der Waals surface area contributed by atoms with E-state index < -0.39 is 0 Å². The lowest BCUT2D eigenvalue weighted by atomic mass is 9.51. The first kappa shape index (κ1) is 24.2. The van der Waals surface area contributed by atoms with E-state index in [1.165, 1.54) is 50.5 Å². The van der Waals surface area contributed by atoms with E-state index in [-0.39, 0.29) is 28.9 Å². The van der Waals surface area contributed by atoms with Crippen LogP contribution in [0, 0.1) is 11.8 Å². The smallest absolute Gasteiger partial charge is 0.234 e. The number of benzene rings is 1. The van der Waals surface area contributed by atoms with Crippen LogP contribution in [0.15, 0.2) is 28.9 Å². The molecule has 1 aromatic carbocycles. The molecule has 0 spiro atoms. The third-order valence-corrected chi connectivity index (χ3v) is 9.45. The van der Waals surface area contributed by atoms with Crippen molar-refractivity contribution in [3.05, 3.63) is 35.6 Å². The number of carbonyl (C=O) groups is 2. The van der Waals surface area contributed by atoms with Gasteiger partial charge in [0.05, 0.1) is 17.8 Å². The van der Waals surface area contributed by atoms with E-state index in [0.29, 0.717) is 12.8 Å². The molecule has 3 unspecified atom stereocenters. The molecular formula is C30H40N2O4. The molecule has 4 bridgehead atoms. The Balaban J connectivity index is 0.931. The number of carbonyl (C=O) groups excluding carboxylic acids is 2. The average Bonchev–Trinajstić information content (AvgIpc) is 3.22. The summed E-state index contributed by atoms with van der Waals surface area (Å²) in [5, 5.41) is 18.3. The highest BCUT2D eigenvalue weighted by atomic mass is 16.3. The summed E-state index contributed by atoms with van der Waals surface area (Å²) in [4.78, 5) is 23.8. The SMILES string of the molecule is O=C1CCC(c2coc3ccc(CCCCCCCNC45CC6CC(CC(O)(C6)C4)C5)cc23)C(=O)N1. The fourth-order valence-electron chi connectivity index (χ4n) is 8.27. The molecule has 36 heavy (non-hydrogen) atoms. The summed E-state index contributed by atoms with van der Waals surface area (Å²) in [5.41, 5.74) is 2.82. The molecule has 5 aliphatic rings. The van der Waals surface area contributed by atoms with Crippen LogP contribution in [0.3, 0.4) is 0 Å². The topological polar surface area (TPSA) is 91.6 Å². The number of hydrogen-bond acceptors (Lipinski definition) is 5. The van der Waals surface area contributed by atoms with Crippen LogP contribution in [-0.2, 0) is 16.0 Å². The first-order valence-electron chi connectivity index (χ1n) is 14.2. The minimum atomic E-state index is -0.376. The zero-order chi connectivity index (χ0) is 24.8. The minimum Gasteiger partial charge on any atom is -0.464 e. The van der Waals surface area contributed by atoms with E-state index in [1.807, 2.05) is 6.07 Å². The number of rotatable bonds is 10. The number of hydrogen-bond donors (Lipinski definition) is 3. The Kier molecular flexibility index (Phi) is 6.45. The van der Waals surface area contributed by atoms with Crippen molar-refractivity contribution in [1.82, 2.24) is 10.6 Å². The third-order valence-electron chi connectivity index (χ3n) is 9.45. The second-order valence-corrected chi connectivity index (χ2v) is 12.4. The Morgan fingerprint density at radius 1 is 1.03 bits per heavy atom. The van der Waals surface area contributed by atoms with Crippen LogP contribution in [0.4, 0.5) is 0 Å². The molecule has 7 rings (SSSR count). The molecular weight excluding hydrogens is 452 g/mol. The Morgan fingerprint density at radius 2 is 1.81 bits per heavy atom. The molecule has 194 valence electrons. The number of aryl methyl sites for hydroxylation is 1. The van der Waals surface area contributed by atoms with E-state index in [9.17, 15) is 14.7 Å². The molecule has 2 heterocycles. The van der Waals surface area contributed by atoms with Crippen LogP contribution < -0.4 is 10.6 Å². The van der Waals surface area contributed by atoms with Gasteiger partial charge >= 0.3 is 0 Å². The maximum atomic E-state index is 12.3. The van der Waals surface area contributed by atoms with E-state index in [4.69, 9.17) is 4.42 Å². The van der Waals surface area contributed by atoms with Gasteiger partial charge in [-0.1, -0.05) is 25.3 Å². The molecule has 3 atom stereocenters. The van der Waals surface area contributed by atoms with Crippen LogP contribution in [0.2, 0.25) is 0 Å². The fraction of sp³-hybridized carbons (Fsp3) is 0.667. The van der Waals surface area contributed by atoms with Crippen LogP contribution in [0.5, 0.6) is 0 Å². The Morgan fingerprint density at radius 3 is 2.58 bits per heavy atom. The van der Waals surface area contributed by atoms with Gasteiger partial charge < -0.3 is 14.8 Å². The van der Waals surface area contributed by atoms with Crippen molar-refractivity contribution in [3.63, 3.8) is 0 Å². The maximum Gasteiger partial charge on any atom is 0.234 e. The number of aliphatic hydroxyl groups is 1. The largest absolute Gasteiger partial charge is 0.464 e. The first-order chi connectivity index (χ1) is 17.4. The highest BCUT2D eigenvalue weighted by molar-refractivity contribution is 6.02. The van der Waals surface area contributed by atoms with E-state index in [2.05, 4.69) is 22.8 Å². The normalized spacial score (nSPS) is 33.4. The lowest BCUT2D eigenvalue weighted by Crippen LogP contribution is -2.64.